The second-order valence-corrected chi connectivity index (χ2v) is 7.32. The van der Waals surface area contributed by atoms with Crippen molar-refractivity contribution in [1.82, 2.24) is 19.5 Å². The van der Waals surface area contributed by atoms with Crippen molar-refractivity contribution >= 4 is 11.2 Å². The predicted octanol–water partition coefficient (Wildman–Crippen LogP) is 4.66. The van der Waals surface area contributed by atoms with E-state index in [-0.39, 0.29) is 12.6 Å². The summed E-state index contributed by atoms with van der Waals surface area (Å²) in [5.74, 6) is 0.646. The quantitative estimate of drug-likeness (QED) is 0.569. The van der Waals surface area contributed by atoms with Gasteiger partial charge in [-0.05, 0) is 44.7 Å². The Labute approximate surface area is 173 Å². The average Bonchev–Trinajstić information content (AvgIpc) is 3.06. The Morgan fingerprint density at radius 1 is 1.03 bits per heavy atom. The van der Waals surface area contributed by atoms with Gasteiger partial charge in [0.2, 0.25) is 5.88 Å². The fourth-order valence-electron chi connectivity index (χ4n) is 3.82. The van der Waals surface area contributed by atoms with Crippen LogP contribution in [0.15, 0.2) is 18.3 Å². The van der Waals surface area contributed by atoms with Gasteiger partial charge in [0, 0.05) is 17.8 Å². The van der Waals surface area contributed by atoms with E-state index in [1.165, 1.54) is 0 Å². The summed E-state index contributed by atoms with van der Waals surface area (Å²) in [6, 6.07) is 3.98. The van der Waals surface area contributed by atoms with Crippen LogP contribution in [0.1, 0.15) is 63.5 Å². The molecule has 3 aromatic rings. The molecular formula is C23H32N4O2. The predicted molar refractivity (Wildman–Crippen MR) is 116 cm³/mol. The monoisotopic (exact) mass is 396 g/mol. The van der Waals surface area contributed by atoms with Crippen molar-refractivity contribution in [2.45, 2.75) is 66.3 Å². The standard InChI is InChI=1S/C23H32N4O2/c1-6-10-16(14-28)27-13-15(5)21-23(27)25-19(8-3)22(26-21)17-11-12-20(29-9-4)24-18(17)7-2/h11-13,16,28H,6-10,14H2,1-5H3/t16-/m0/s1. The molecule has 156 valence electrons. The van der Waals surface area contributed by atoms with Gasteiger partial charge in [-0.25, -0.2) is 15.0 Å². The number of pyridine rings is 1. The maximum Gasteiger partial charge on any atom is 0.213 e. The Kier molecular flexibility index (Phi) is 6.85. The molecule has 3 aromatic heterocycles. The van der Waals surface area contributed by atoms with E-state index in [1.807, 2.05) is 19.1 Å². The minimum Gasteiger partial charge on any atom is -0.478 e. The maximum absolute atomic E-state index is 9.89. The molecule has 1 atom stereocenters. The van der Waals surface area contributed by atoms with Crippen LogP contribution in [0, 0.1) is 6.92 Å². The Balaban J connectivity index is 2.19. The molecule has 0 aliphatic rings. The van der Waals surface area contributed by atoms with Crippen molar-refractivity contribution < 1.29 is 9.84 Å². The fourth-order valence-corrected chi connectivity index (χ4v) is 3.82. The van der Waals surface area contributed by atoms with Gasteiger partial charge >= 0.3 is 0 Å². The van der Waals surface area contributed by atoms with Crippen LogP contribution in [0.4, 0.5) is 0 Å². The van der Waals surface area contributed by atoms with E-state index in [0.717, 1.165) is 65.1 Å². The lowest BCUT2D eigenvalue weighted by molar-refractivity contribution is 0.222. The number of aliphatic hydroxyl groups is 1. The topological polar surface area (TPSA) is 73.1 Å². The number of ether oxygens (including phenoxy) is 1. The second-order valence-electron chi connectivity index (χ2n) is 7.32. The first-order chi connectivity index (χ1) is 14.1. The molecular weight excluding hydrogens is 364 g/mol. The molecule has 6 heteroatoms. The molecule has 6 nitrogen and oxygen atoms in total. The molecule has 29 heavy (non-hydrogen) atoms. The number of hydrogen-bond acceptors (Lipinski definition) is 5. The highest BCUT2D eigenvalue weighted by molar-refractivity contribution is 5.80. The normalized spacial score (nSPS) is 12.5. The zero-order valence-electron chi connectivity index (χ0n) is 18.2. The van der Waals surface area contributed by atoms with Gasteiger partial charge < -0.3 is 14.4 Å². The van der Waals surface area contributed by atoms with Crippen LogP contribution in [-0.2, 0) is 12.8 Å². The Bertz CT molecular complexity index is 981. The van der Waals surface area contributed by atoms with Crippen molar-refractivity contribution in [2.75, 3.05) is 13.2 Å². The van der Waals surface area contributed by atoms with E-state index in [4.69, 9.17) is 14.7 Å². The van der Waals surface area contributed by atoms with Crippen LogP contribution in [0.2, 0.25) is 0 Å². The molecule has 0 amide bonds. The zero-order chi connectivity index (χ0) is 21.0. The molecule has 1 N–H and O–H groups in total. The number of aryl methyl sites for hydroxylation is 3. The molecule has 3 rings (SSSR count). The Hall–Kier alpha value is -2.47. The fraction of sp³-hybridized carbons (Fsp3) is 0.522. The average molecular weight is 397 g/mol. The first kappa shape index (κ1) is 21.2. The SMILES string of the molecule is CCC[C@@H](CO)n1cc(C)c2nc(-c3ccc(OCC)nc3CC)c(CC)nc21. The largest absolute Gasteiger partial charge is 0.478 e. The molecule has 0 aliphatic heterocycles. The third-order valence-electron chi connectivity index (χ3n) is 5.29. The highest BCUT2D eigenvalue weighted by atomic mass is 16.5. The lowest BCUT2D eigenvalue weighted by Gasteiger charge is -2.17. The van der Waals surface area contributed by atoms with Crippen molar-refractivity contribution in [2.24, 2.45) is 0 Å². The number of fused-ring (bicyclic) bond motifs is 1. The molecule has 0 saturated carbocycles. The summed E-state index contributed by atoms with van der Waals surface area (Å²) in [7, 11) is 0. The number of hydrogen-bond donors (Lipinski definition) is 1. The highest BCUT2D eigenvalue weighted by Gasteiger charge is 2.20. The highest BCUT2D eigenvalue weighted by Crippen LogP contribution is 2.31. The molecule has 0 saturated heterocycles. The minimum absolute atomic E-state index is 0.0272. The summed E-state index contributed by atoms with van der Waals surface area (Å²) in [6.45, 7) is 11.0. The molecule has 0 aliphatic carbocycles. The first-order valence-electron chi connectivity index (χ1n) is 10.7. The summed E-state index contributed by atoms with van der Waals surface area (Å²) in [5.41, 5.74) is 6.64. The van der Waals surface area contributed by atoms with Gasteiger partial charge in [0.1, 0.15) is 5.52 Å². The summed E-state index contributed by atoms with van der Waals surface area (Å²) in [5, 5.41) is 9.89. The smallest absolute Gasteiger partial charge is 0.213 e. The number of aromatic nitrogens is 4. The van der Waals surface area contributed by atoms with Crippen molar-refractivity contribution in [3.63, 3.8) is 0 Å². The Morgan fingerprint density at radius 2 is 1.79 bits per heavy atom. The lowest BCUT2D eigenvalue weighted by Crippen LogP contribution is -2.13. The minimum atomic E-state index is 0.0272. The molecule has 3 heterocycles. The van der Waals surface area contributed by atoms with Crippen molar-refractivity contribution in [3.8, 4) is 17.1 Å². The molecule has 0 unspecified atom stereocenters. The Morgan fingerprint density at radius 3 is 2.41 bits per heavy atom. The van der Waals surface area contributed by atoms with Gasteiger partial charge in [-0.2, -0.15) is 0 Å². The van der Waals surface area contributed by atoms with Gasteiger partial charge in [0.15, 0.2) is 5.65 Å². The molecule has 0 bridgehead atoms. The summed E-state index contributed by atoms with van der Waals surface area (Å²) in [4.78, 5) is 14.7. The molecule has 0 spiro atoms. The number of aliphatic hydroxyl groups excluding tert-OH is 1. The van der Waals surface area contributed by atoms with Crippen molar-refractivity contribution in [3.05, 3.63) is 35.3 Å². The van der Waals surface area contributed by atoms with E-state index in [9.17, 15) is 5.11 Å². The van der Waals surface area contributed by atoms with Crippen LogP contribution >= 0.6 is 0 Å². The van der Waals surface area contributed by atoms with Gasteiger partial charge in [-0.15, -0.1) is 0 Å². The van der Waals surface area contributed by atoms with Crippen molar-refractivity contribution in [1.29, 1.82) is 0 Å². The van der Waals surface area contributed by atoms with Gasteiger partial charge in [0.25, 0.3) is 0 Å². The molecule has 0 aromatic carbocycles. The van der Waals surface area contributed by atoms with E-state index in [0.29, 0.717) is 12.5 Å². The summed E-state index contributed by atoms with van der Waals surface area (Å²) >= 11 is 0. The van der Waals surface area contributed by atoms with Crippen LogP contribution < -0.4 is 4.74 Å². The first-order valence-corrected chi connectivity index (χ1v) is 10.7. The van der Waals surface area contributed by atoms with Gasteiger partial charge in [0.05, 0.1) is 36.3 Å². The van der Waals surface area contributed by atoms with E-state index in [1.54, 1.807) is 0 Å². The van der Waals surface area contributed by atoms with Crippen LogP contribution in [-0.4, -0.2) is 37.8 Å². The zero-order valence-corrected chi connectivity index (χ0v) is 18.2. The summed E-state index contributed by atoms with van der Waals surface area (Å²) in [6.07, 6.45) is 5.56. The second kappa shape index (κ2) is 9.35. The van der Waals surface area contributed by atoms with Gasteiger partial charge in [-0.1, -0.05) is 27.2 Å². The van der Waals surface area contributed by atoms with E-state index in [2.05, 4.69) is 43.4 Å². The van der Waals surface area contributed by atoms with E-state index < -0.39 is 0 Å². The summed E-state index contributed by atoms with van der Waals surface area (Å²) < 4.78 is 7.67. The van der Waals surface area contributed by atoms with Crippen LogP contribution in [0.3, 0.4) is 0 Å². The third kappa shape index (κ3) is 4.13. The van der Waals surface area contributed by atoms with Gasteiger partial charge in [-0.3, -0.25) is 0 Å². The maximum atomic E-state index is 9.89. The third-order valence-corrected chi connectivity index (χ3v) is 5.29. The van der Waals surface area contributed by atoms with Crippen LogP contribution in [0.5, 0.6) is 5.88 Å². The lowest BCUT2D eigenvalue weighted by atomic mass is 10.0. The number of rotatable bonds is 9. The van der Waals surface area contributed by atoms with Crippen LogP contribution in [0.25, 0.3) is 22.4 Å². The molecule has 0 radical (unpaired) electrons. The van der Waals surface area contributed by atoms with E-state index >= 15 is 0 Å². The number of nitrogens with zero attached hydrogens (tertiary/aromatic N) is 4. The molecule has 0 fully saturated rings.